The second-order valence-corrected chi connectivity index (χ2v) is 9.23. The number of rotatable bonds is 12. The van der Waals surface area contributed by atoms with Crippen LogP contribution in [0.3, 0.4) is 0 Å². The van der Waals surface area contributed by atoms with Gasteiger partial charge in [0.1, 0.15) is 16.3 Å². The maximum atomic E-state index is 13.6. The van der Waals surface area contributed by atoms with Crippen LogP contribution in [0.5, 0.6) is 0 Å². The van der Waals surface area contributed by atoms with Crippen LogP contribution in [-0.4, -0.2) is 40.1 Å². The smallest absolute Gasteiger partial charge is 0.273 e. The number of alkyl halides is 1. The van der Waals surface area contributed by atoms with Crippen LogP contribution in [0.1, 0.15) is 12.8 Å². The van der Waals surface area contributed by atoms with Gasteiger partial charge < -0.3 is 0 Å². The van der Waals surface area contributed by atoms with Gasteiger partial charge in [0, 0.05) is 6.42 Å². The number of halogens is 7. The lowest BCUT2D eigenvalue weighted by atomic mass is 10.2. The van der Waals surface area contributed by atoms with E-state index in [2.05, 4.69) is 0 Å². The Morgan fingerprint density at radius 3 is 1.59 bits per heavy atom. The Labute approximate surface area is 177 Å². The molecule has 0 unspecified atom stereocenters. The lowest BCUT2D eigenvalue weighted by Crippen LogP contribution is -2.57. The van der Waals surface area contributed by atoms with Gasteiger partial charge in [-0.1, -0.05) is 4.39 Å². The van der Waals surface area contributed by atoms with Gasteiger partial charge in [-0.05, 0) is 0 Å². The lowest BCUT2D eigenvalue weighted by Gasteiger charge is -2.36. The number of amides is 2. The Kier molecular flexibility index (Phi) is 12.7. The minimum atomic E-state index is -4.36. The van der Waals surface area contributed by atoms with E-state index >= 15 is 0 Å². The third kappa shape index (κ3) is 5.65. The molecular formula is C7H7F7N4O6S5. The number of carbonyl (C=O) groups is 2. The van der Waals surface area contributed by atoms with Crippen LogP contribution in [0.4, 0.5) is 28.5 Å². The van der Waals surface area contributed by atoms with Gasteiger partial charge in [-0.2, -0.15) is 19.4 Å². The monoisotopic (exact) mass is 536 g/mol. The molecule has 0 radical (unpaired) electrons. The van der Waals surface area contributed by atoms with Crippen LogP contribution in [0.25, 0.3) is 0 Å². The van der Waals surface area contributed by atoms with Gasteiger partial charge >= 0.3 is 5.92 Å². The molecule has 22 heteroatoms. The fraction of sp³-hybridized carbons (Fsp3) is 0.714. The third-order valence-electron chi connectivity index (χ3n) is 2.91. The standard InChI is InChI=1S/C7H6F6N4O6S5.FH/c8-5(16(20)21,17(22)23)2-1-3(18)15(14)4(19)6(24-9,25-10)7(26-11,27-12)28-13;/h1-2,14H2;1H. The van der Waals surface area contributed by atoms with Gasteiger partial charge in [0.15, 0.2) is 0 Å². The minimum absolute atomic E-state index is 0. The Balaban J connectivity index is 0. The van der Waals surface area contributed by atoms with Crippen LogP contribution in [-0.2, 0) is 9.59 Å². The molecule has 0 aliphatic heterocycles. The van der Waals surface area contributed by atoms with Crippen LogP contribution in [0, 0.1) is 20.2 Å². The maximum Gasteiger partial charge on any atom is 0.614 e. The average molecular weight is 536 g/mol. The molecule has 0 atom stereocenters. The summed E-state index contributed by atoms with van der Waals surface area (Å²) in [5.74, 6) is -3.51. The summed E-state index contributed by atoms with van der Waals surface area (Å²) in [5.41, 5.74) is 0. The van der Waals surface area contributed by atoms with Crippen molar-refractivity contribution in [3.8, 4) is 0 Å². The first-order chi connectivity index (χ1) is 12.9. The molecule has 29 heavy (non-hydrogen) atoms. The quantitative estimate of drug-likeness (QED) is 0.0736. The Bertz CT molecular complexity index is 607. The first-order valence-corrected chi connectivity index (χ1v) is 9.56. The van der Waals surface area contributed by atoms with Crippen LogP contribution < -0.4 is 5.84 Å². The highest BCUT2D eigenvalue weighted by Crippen LogP contribution is 2.65. The van der Waals surface area contributed by atoms with Crippen molar-refractivity contribution in [2.45, 2.75) is 26.2 Å². The summed E-state index contributed by atoms with van der Waals surface area (Å²) in [5, 5.41) is 20.1. The Hall–Kier alpha value is -0.840. The van der Waals surface area contributed by atoms with Gasteiger partial charge in [0.2, 0.25) is 13.4 Å². The zero-order valence-electron chi connectivity index (χ0n) is 13.0. The number of nitrogens with two attached hydrogens (primary N) is 1. The second-order valence-electron chi connectivity index (χ2n) is 4.36. The van der Waals surface area contributed by atoms with Crippen LogP contribution in [0.2, 0.25) is 0 Å². The van der Waals surface area contributed by atoms with Crippen LogP contribution >= 0.6 is 60.7 Å². The van der Waals surface area contributed by atoms with E-state index in [1.807, 2.05) is 0 Å². The number of imide groups is 1. The zero-order valence-corrected chi connectivity index (χ0v) is 17.1. The molecule has 0 aromatic carbocycles. The van der Waals surface area contributed by atoms with E-state index < -0.39 is 114 Å². The van der Waals surface area contributed by atoms with E-state index in [-0.39, 0.29) is 4.70 Å². The molecule has 0 heterocycles. The van der Waals surface area contributed by atoms with Crippen molar-refractivity contribution in [3.63, 3.8) is 0 Å². The fourth-order valence-corrected chi connectivity index (χ4v) is 4.00. The van der Waals surface area contributed by atoms with Gasteiger partial charge in [-0.25, -0.2) is 10.9 Å². The van der Waals surface area contributed by atoms with E-state index in [1.165, 1.54) is 0 Å². The van der Waals surface area contributed by atoms with Crippen LogP contribution in [0.15, 0.2) is 0 Å². The largest absolute Gasteiger partial charge is 0.614 e. The van der Waals surface area contributed by atoms with Crippen molar-refractivity contribution in [1.82, 2.24) is 5.01 Å². The molecule has 0 aromatic rings. The molecule has 0 rings (SSSR count). The zero-order chi connectivity index (χ0) is 22.3. The first kappa shape index (κ1) is 30.4. The summed E-state index contributed by atoms with van der Waals surface area (Å²) in [6.45, 7) is 0. The summed E-state index contributed by atoms with van der Waals surface area (Å²) in [6.07, 6.45) is -3.27. The number of hydrogen-bond acceptors (Lipinski definition) is 12. The molecule has 2 N–H and O–H groups in total. The summed E-state index contributed by atoms with van der Waals surface area (Å²) >= 11 is -6.87. The van der Waals surface area contributed by atoms with Crippen molar-refractivity contribution in [2.24, 2.45) is 5.84 Å². The topological polar surface area (TPSA) is 150 Å². The molecule has 0 bridgehead atoms. The summed E-state index contributed by atoms with van der Waals surface area (Å²) in [4.78, 5) is 40.7. The minimum Gasteiger partial charge on any atom is -0.273 e. The molecule has 0 spiro atoms. The van der Waals surface area contributed by atoms with Gasteiger partial charge in [0.25, 0.3) is 5.91 Å². The first-order valence-electron chi connectivity index (χ1n) is 5.98. The molecule has 0 aliphatic carbocycles. The van der Waals surface area contributed by atoms with Crippen molar-refractivity contribution in [2.75, 3.05) is 0 Å². The number of carbonyl (C=O) groups excluding carboxylic acids is 2. The molecule has 10 nitrogen and oxygen atoms in total. The molecule has 0 saturated heterocycles. The maximum absolute atomic E-state index is 13.6. The third-order valence-corrected chi connectivity index (χ3v) is 8.12. The molecule has 170 valence electrons. The Morgan fingerprint density at radius 1 is 0.931 bits per heavy atom. The van der Waals surface area contributed by atoms with E-state index in [0.29, 0.717) is 0 Å². The molecule has 2 amide bonds. The predicted molar refractivity (Wildman–Crippen MR) is 94.6 cm³/mol. The lowest BCUT2D eigenvalue weighted by molar-refractivity contribution is -0.832. The average Bonchev–Trinajstić information content (AvgIpc) is 2.68. The van der Waals surface area contributed by atoms with Crippen molar-refractivity contribution in [3.05, 3.63) is 20.2 Å². The van der Waals surface area contributed by atoms with Crippen molar-refractivity contribution >= 4 is 72.6 Å². The highest BCUT2D eigenvalue weighted by molar-refractivity contribution is 8.33. The second kappa shape index (κ2) is 12.1. The number of nitro groups is 2. The molecule has 0 aliphatic rings. The molecule has 0 aromatic heterocycles. The summed E-state index contributed by atoms with van der Waals surface area (Å²) < 4.78 is 72.1. The van der Waals surface area contributed by atoms with Crippen molar-refractivity contribution in [1.29, 1.82) is 0 Å². The number of hydrogen-bond donors (Lipinski definition) is 1. The molecule has 0 saturated carbocycles. The molecule has 0 fully saturated rings. The van der Waals surface area contributed by atoms with Gasteiger partial charge in [-0.15, -0.1) is 0 Å². The SMILES string of the molecule is F.NN(C(=O)CCC(F)([N+](=O)[O-])[N+](=O)[O-])C(=O)C(SF)(SF)C(SF)(SF)SF. The van der Waals surface area contributed by atoms with Gasteiger partial charge in [0.05, 0.1) is 60.7 Å². The molecular weight excluding hydrogens is 529 g/mol. The summed E-state index contributed by atoms with van der Waals surface area (Å²) in [7, 11) is 0. The normalized spacial score (nSPS) is 12.1. The number of nitrogens with zero attached hydrogens (tertiary/aromatic N) is 3. The van der Waals surface area contributed by atoms with E-state index in [1.54, 1.807) is 0 Å². The summed E-state index contributed by atoms with van der Waals surface area (Å²) in [6, 6.07) is 0. The van der Waals surface area contributed by atoms with E-state index in [0.717, 1.165) is 0 Å². The Morgan fingerprint density at radius 2 is 1.31 bits per heavy atom. The number of hydrazine groups is 1. The van der Waals surface area contributed by atoms with Gasteiger partial charge in [-0.3, -0.25) is 34.5 Å². The highest BCUT2D eigenvalue weighted by Gasteiger charge is 2.67. The van der Waals surface area contributed by atoms with Crippen molar-refractivity contribution < 1.29 is 48.0 Å². The fourth-order valence-electron chi connectivity index (χ4n) is 1.40. The van der Waals surface area contributed by atoms with E-state index in [4.69, 9.17) is 5.84 Å². The predicted octanol–water partition coefficient (Wildman–Crippen LogP) is 3.76. The van der Waals surface area contributed by atoms with E-state index in [9.17, 15) is 53.6 Å². The highest BCUT2D eigenvalue weighted by atomic mass is 32.3.